The first kappa shape index (κ1) is 16.6. The molecule has 0 radical (unpaired) electrons. The number of aliphatic hydroxyl groups excluding tert-OH is 1. The first-order valence-electron chi connectivity index (χ1n) is 8.45. The molecule has 1 aliphatic heterocycles. The maximum atomic E-state index is 13.5. The number of pyridine rings is 2. The molecule has 1 unspecified atom stereocenters. The molecule has 0 spiro atoms. The molecule has 1 fully saturated rings. The van der Waals surface area contributed by atoms with Gasteiger partial charge >= 0.3 is 0 Å². The van der Waals surface area contributed by atoms with Gasteiger partial charge in [0.05, 0.1) is 0 Å². The van der Waals surface area contributed by atoms with E-state index < -0.39 is 0 Å². The number of rotatable bonds is 6. The summed E-state index contributed by atoms with van der Waals surface area (Å²) in [4.78, 5) is 10.8. The van der Waals surface area contributed by atoms with Crippen LogP contribution >= 0.6 is 0 Å². The maximum absolute atomic E-state index is 13.5. The van der Waals surface area contributed by atoms with Crippen LogP contribution in [0.15, 0.2) is 36.7 Å². The first-order chi connectivity index (χ1) is 11.8. The van der Waals surface area contributed by atoms with Crippen LogP contribution < -0.4 is 10.2 Å². The molecule has 24 heavy (non-hydrogen) atoms. The van der Waals surface area contributed by atoms with Crippen LogP contribution in [0.4, 0.5) is 16.0 Å². The van der Waals surface area contributed by atoms with E-state index in [0.29, 0.717) is 12.6 Å². The van der Waals surface area contributed by atoms with Gasteiger partial charge in [-0.15, -0.1) is 0 Å². The van der Waals surface area contributed by atoms with E-state index in [1.165, 1.54) is 12.5 Å². The zero-order valence-corrected chi connectivity index (χ0v) is 13.7. The molecule has 0 amide bonds. The zero-order valence-electron chi connectivity index (χ0n) is 13.7. The molecule has 0 aromatic carbocycles. The standard InChI is InChI=1S/C18H23FN4O/c19-16-5-3-9-20-18(16)22-13-14-6-7-17(21-12-14)23-10-2-1-4-15(23)8-11-24/h3,5-7,9,12,15,24H,1-2,4,8,10-11,13H2,(H,20,22). The predicted molar refractivity (Wildman–Crippen MR) is 92.4 cm³/mol. The number of piperidine rings is 1. The van der Waals surface area contributed by atoms with E-state index >= 15 is 0 Å². The molecule has 3 heterocycles. The van der Waals surface area contributed by atoms with Crippen LogP contribution in [0.5, 0.6) is 0 Å². The highest BCUT2D eigenvalue weighted by Gasteiger charge is 2.22. The van der Waals surface area contributed by atoms with Crippen LogP contribution in [0.2, 0.25) is 0 Å². The van der Waals surface area contributed by atoms with Gasteiger partial charge in [0.2, 0.25) is 0 Å². The lowest BCUT2D eigenvalue weighted by Crippen LogP contribution is -2.40. The molecule has 0 saturated carbocycles. The zero-order chi connectivity index (χ0) is 16.8. The highest BCUT2D eigenvalue weighted by atomic mass is 19.1. The molecule has 3 rings (SSSR count). The van der Waals surface area contributed by atoms with Crippen LogP contribution in [0, 0.1) is 5.82 Å². The summed E-state index contributed by atoms with van der Waals surface area (Å²) >= 11 is 0. The minimum atomic E-state index is -0.359. The van der Waals surface area contributed by atoms with Gasteiger partial charge in [0.25, 0.3) is 0 Å². The van der Waals surface area contributed by atoms with Crippen LogP contribution in [-0.2, 0) is 6.54 Å². The SMILES string of the molecule is OCCC1CCCCN1c1ccc(CNc2ncccc2F)cn1. The van der Waals surface area contributed by atoms with Crippen LogP contribution in [0.1, 0.15) is 31.2 Å². The summed E-state index contributed by atoms with van der Waals surface area (Å²) < 4.78 is 13.5. The van der Waals surface area contributed by atoms with Crippen molar-refractivity contribution in [3.8, 4) is 0 Å². The molecule has 1 saturated heterocycles. The number of aliphatic hydroxyl groups is 1. The Kier molecular flexibility index (Phi) is 5.59. The Morgan fingerprint density at radius 3 is 2.92 bits per heavy atom. The normalized spacial score (nSPS) is 17.8. The highest BCUT2D eigenvalue weighted by molar-refractivity contribution is 5.42. The molecular formula is C18H23FN4O. The lowest BCUT2D eigenvalue weighted by molar-refractivity contribution is 0.262. The van der Waals surface area contributed by atoms with Gasteiger partial charge in [-0.2, -0.15) is 0 Å². The molecule has 1 aliphatic rings. The quantitative estimate of drug-likeness (QED) is 0.853. The van der Waals surface area contributed by atoms with E-state index in [0.717, 1.165) is 37.2 Å². The number of halogens is 1. The largest absolute Gasteiger partial charge is 0.396 e. The Balaban J connectivity index is 1.63. The van der Waals surface area contributed by atoms with Crippen molar-refractivity contribution in [1.29, 1.82) is 0 Å². The molecule has 2 aromatic rings. The molecule has 5 nitrogen and oxygen atoms in total. The van der Waals surface area contributed by atoms with E-state index in [-0.39, 0.29) is 18.2 Å². The third kappa shape index (κ3) is 4.00. The summed E-state index contributed by atoms with van der Waals surface area (Å²) in [5.41, 5.74) is 0.972. The fraction of sp³-hybridized carbons (Fsp3) is 0.444. The first-order valence-corrected chi connectivity index (χ1v) is 8.45. The van der Waals surface area contributed by atoms with E-state index in [9.17, 15) is 9.50 Å². The van der Waals surface area contributed by atoms with Crippen molar-refractivity contribution in [2.45, 2.75) is 38.3 Å². The van der Waals surface area contributed by atoms with Gasteiger partial charge in [-0.1, -0.05) is 6.07 Å². The minimum absolute atomic E-state index is 0.207. The minimum Gasteiger partial charge on any atom is -0.396 e. The Morgan fingerprint density at radius 1 is 1.25 bits per heavy atom. The molecule has 128 valence electrons. The number of hydrogen-bond donors (Lipinski definition) is 2. The van der Waals surface area contributed by atoms with Gasteiger partial charge in [0, 0.05) is 38.1 Å². The lowest BCUT2D eigenvalue weighted by Gasteiger charge is -2.36. The monoisotopic (exact) mass is 330 g/mol. The summed E-state index contributed by atoms with van der Waals surface area (Å²) in [5, 5.41) is 12.2. The van der Waals surface area contributed by atoms with Crippen molar-refractivity contribution in [2.24, 2.45) is 0 Å². The summed E-state index contributed by atoms with van der Waals surface area (Å²) in [6.45, 7) is 1.66. The van der Waals surface area contributed by atoms with E-state index in [4.69, 9.17) is 0 Å². The molecule has 1 atom stereocenters. The molecule has 2 aromatic heterocycles. The van der Waals surface area contributed by atoms with Crippen molar-refractivity contribution in [1.82, 2.24) is 9.97 Å². The van der Waals surface area contributed by atoms with Gasteiger partial charge in [0.1, 0.15) is 5.82 Å². The van der Waals surface area contributed by atoms with Crippen LogP contribution in [0.3, 0.4) is 0 Å². The van der Waals surface area contributed by atoms with Gasteiger partial charge in [-0.3, -0.25) is 0 Å². The topological polar surface area (TPSA) is 61.3 Å². The summed E-state index contributed by atoms with van der Waals surface area (Å²) in [7, 11) is 0. The van der Waals surface area contributed by atoms with E-state index in [1.54, 1.807) is 12.3 Å². The van der Waals surface area contributed by atoms with Crippen molar-refractivity contribution in [3.05, 3.63) is 48.0 Å². The Labute approximate surface area is 141 Å². The van der Waals surface area contributed by atoms with Crippen molar-refractivity contribution in [2.75, 3.05) is 23.4 Å². The van der Waals surface area contributed by atoms with Crippen molar-refractivity contribution in [3.63, 3.8) is 0 Å². The fourth-order valence-electron chi connectivity index (χ4n) is 3.14. The van der Waals surface area contributed by atoms with Gasteiger partial charge in [0.15, 0.2) is 11.6 Å². The number of hydrogen-bond acceptors (Lipinski definition) is 5. The lowest BCUT2D eigenvalue weighted by atomic mass is 9.99. The molecule has 6 heteroatoms. The second-order valence-electron chi connectivity index (χ2n) is 6.07. The average molecular weight is 330 g/mol. The summed E-state index contributed by atoms with van der Waals surface area (Å²) in [6, 6.07) is 7.32. The third-order valence-corrected chi connectivity index (χ3v) is 4.41. The Hall–Kier alpha value is -2.21. The summed E-state index contributed by atoms with van der Waals surface area (Å²) in [5.74, 6) is 0.837. The van der Waals surface area contributed by atoms with Crippen LogP contribution in [-0.4, -0.2) is 34.3 Å². The Morgan fingerprint density at radius 2 is 2.17 bits per heavy atom. The number of anilines is 2. The highest BCUT2D eigenvalue weighted by Crippen LogP contribution is 2.25. The molecule has 0 bridgehead atoms. The summed E-state index contributed by atoms with van der Waals surface area (Å²) in [6.07, 6.45) is 7.62. The Bertz CT molecular complexity index is 648. The molecular weight excluding hydrogens is 307 g/mol. The van der Waals surface area contributed by atoms with Crippen molar-refractivity contribution < 1.29 is 9.50 Å². The number of aromatic nitrogens is 2. The predicted octanol–water partition coefficient (Wildman–Crippen LogP) is 2.97. The second kappa shape index (κ2) is 8.06. The smallest absolute Gasteiger partial charge is 0.165 e. The third-order valence-electron chi connectivity index (χ3n) is 4.41. The van der Waals surface area contributed by atoms with Gasteiger partial charge in [-0.25, -0.2) is 14.4 Å². The second-order valence-corrected chi connectivity index (χ2v) is 6.07. The van der Waals surface area contributed by atoms with E-state index in [1.807, 2.05) is 18.3 Å². The van der Waals surface area contributed by atoms with Crippen molar-refractivity contribution >= 4 is 11.6 Å². The number of nitrogens with zero attached hydrogens (tertiary/aromatic N) is 3. The van der Waals surface area contributed by atoms with Crippen LogP contribution in [0.25, 0.3) is 0 Å². The van der Waals surface area contributed by atoms with Gasteiger partial charge < -0.3 is 15.3 Å². The average Bonchev–Trinajstić information content (AvgIpc) is 2.62. The van der Waals surface area contributed by atoms with Gasteiger partial charge in [-0.05, 0) is 49.4 Å². The molecule has 2 N–H and O–H groups in total. The fourth-order valence-corrected chi connectivity index (χ4v) is 3.14. The van der Waals surface area contributed by atoms with E-state index in [2.05, 4.69) is 20.2 Å². The number of nitrogens with one attached hydrogen (secondary N) is 1. The molecule has 0 aliphatic carbocycles. The maximum Gasteiger partial charge on any atom is 0.165 e.